The zero-order valence-electron chi connectivity index (χ0n) is 10.5. The van der Waals surface area contributed by atoms with E-state index in [9.17, 15) is 4.79 Å². The molecule has 0 heterocycles. The van der Waals surface area contributed by atoms with Crippen LogP contribution in [0, 0.1) is 5.92 Å². The van der Waals surface area contributed by atoms with Crippen LogP contribution < -0.4 is 11.5 Å². The van der Waals surface area contributed by atoms with Crippen LogP contribution in [0.4, 0.5) is 5.69 Å². The van der Waals surface area contributed by atoms with Crippen molar-refractivity contribution in [2.45, 2.75) is 20.4 Å². The van der Waals surface area contributed by atoms with Crippen LogP contribution in [0.25, 0.3) is 0 Å². The van der Waals surface area contributed by atoms with Gasteiger partial charge < -0.3 is 11.5 Å². The molecule has 1 amide bonds. The summed E-state index contributed by atoms with van der Waals surface area (Å²) >= 11 is 0. The summed E-state index contributed by atoms with van der Waals surface area (Å²) in [6.45, 7) is 6.27. The third kappa shape index (κ3) is 4.44. The largest absolute Gasteiger partial charge is 0.399 e. The fourth-order valence-electron chi connectivity index (χ4n) is 1.73. The molecule has 0 saturated carbocycles. The molecule has 1 rings (SSSR count). The second-order valence-corrected chi connectivity index (χ2v) is 4.38. The molecule has 0 saturated heterocycles. The molecule has 0 aliphatic heterocycles. The highest BCUT2D eigenvalue weighted by molar-refractivity contribution is 5.76. The maximum Gasteiger partial charge on any atom is 0.221 e. The Labute approximate surface area is 103 Å². The number of benzene rings is 1. The molecule has 94 valence electrons. The predicted octanol–water partition coefficient (Wildman–Crippen LogP) is 1.21. The molecule has 1 aromatic rings. The Morgan fingerprint density at radius 3 is 2.71 bits per heavy atom. The van der Waals surface area contributed by atoms with Crippen LogP contribution in [0.3, 0.4) is 0 Å². The molecule has 0 aromatic heterocycles. The molecule has 1 unspecified atom stereocenters. The Kier molecular flexibility index (Phi) is 4.97. The predicted molar refractivity (Wildman–Crippen MR) is 70.2 cm³/mol. The van der Waals surface area contributed by atoms with Gasteiger partial charge >= 0.3 is 0 Å². The number of anilines is 1. The molecule has 1 atom stereocenters. The van der Waals surface area contributed by atoms with E-state index in [0.29, 0.717) is 6.54 Å². The summed E-state index contributed by atoms with van der Waals surface area (Å²) in [5.74, 6) is -0.382. The van der Waals surface area contributed by atoms with Crippen molar-refractivity contribution >= 4 is 11.6 Å². The first-order valence-corrected chi connectivity index (χ1v) is 5.89. The second kappa shape index (κ2) is 6.25. The van der Waals surface area contributed by atoms with Crippen LogP contribution in [0.5, 0.6) is 0 Å². The lowest BCUT2D eigenvalue weighted by atomic mass is 10.1. The van der Waals surface area contributed by atoms with Crippen LogP contribution in [-0.2, 0) is 11.3 Å². The van der Waals surface area contributed by atoms with Crippen LogP contribution >= 0.6 is 0 Å². The molecule has 0 fully saturated rings. The van der Waals surface area contributed by atoms with Gasteiger partial charge in [-0.2, -0.15) is 0 Å². The van der Waals surface area contributed by atoms with Crippen molar-refractivity contribution in [3.63, 3.8) is 0 Å². The summed E-state index contributed by atoms with van der Waals surface area (Å²) < 4.78 is 0. The van der Waals surface area contributed by atoms with E-state index in [1.165, 1.54) is 0 Å². The monoisotopic (exact) mass is 235 g/mol. The molecular weight excluding hydrogens is 214 g/mol. The first kappa shape index (κ1) is 13.5. The quantitative estimate of drug-likeness (QED) is 0.728. The van der Waals surface area contributed by atoms with Gasteiger partial charge in [-0.05, 0) is 24.2 Å². The van der Waals surface area contributed by atoms with E-state index in [1.807, 2.05) is 31.2 Å². The lowest BCUT2D eigenvalue weighted by Gasteiger charge is -2.23. The van der Waals surface area contributed by atoms with Crippen LogP contribution in [0.1, 0.15) is 19.4 Å². The average molecular weight is 235 g/mol. The molecule has 0 bridgehead atoms. The third-order valence-corrected chi connectivity index (χ3v) is 2.82. The van der Waals surface area contributed by atoms with Crippen molar-refractivity contribution in [1.82, 2.24) is 4.90 Å². The first-order valence-electron chi connectivity index (χ1n) is 5.89. The summed E-state index contributed by atoms with van der Waals surface area (Å²) in [5.41, 5.74) is 12.9. The second-order valence-electron chi connectivity index (χ2n) is 4.38. The van der Waals surface area contributed by atoms with Crippen molar-refractivity contribution in [3.8, 4) is 0 Å². The summed E-state index contributed by atoms with van der Waals surface area (Å²) in [6.07, 6.45) is 0. The number of hydrogen-bond acceptors (Lipinski definition) is 3. The number of rotatable bonds is 6. The Bertz CT molecular complexity index is 379. The number of carbonyl (C=O) groups excluding carboxylic acids is 1. The standard InChI is InChI=1S/C13H21N3O/c1-3-16(8-10(2)13(15)17)9-11-5-4-6-12(14)7-11/h4-7,10H,3,8-9,14H2,1-2H3,(H2,15,17). The minimum absolute atomic E-state index is 0.129. The lowest BCUT2D eigenvalue weighted by molar-refractivity contribution is -0.121. The van der Waals surface area contributed by atoms with E-state index in [2.05, 4.69) is 11.8 Å². The van der Waals surface area contributed by atoms with E-state index in [-0.39, 0.29) is 11.8 Å². The van der Waals surface area contributed by atoms with Crippen molar-refractivity contribution in [2.75, 3.05) is 18.8 Å². The number of carbonyl (C=O) groups is 1. The van der Waals surface area contributed by atoms with Crippen molar-refractivity contribution < 1.29 is 4.79 Å². The van der Waals surface area contributed by atoms with E-state index in [4.69, 9.17) is 11.5 Å². The Balaban J connectivity index is 2.61. The van der Waals surface area contributed by atoms with E-state index >= 15 is 0 Å². The number of amides is 1. The molecule has 17 heavy (non-hydrogen) atoms. The van der Waals surface area contributed by atoms with E-state index in [1.54, 1.807) is 0 Å². The van der Waals surface area contributed by atoms with Gasteiger partial charge in [0.05, 0.1) is 0 Å². The maximum atomic E-state index is 11.0. The average Bonchev–Trinajstić information content (AvgIpc) is 2.27. The lowest BCUT2D eigenvalue weighted by Crippen LogP contribution is -2.34. The molecule has 4 nitrogen and oxygen atoms in total. The van der Waals surface area contributed by atoms with Gasteiger partial charge in [0.25, 0.3) is 0 Å². The Morgan fingerprint density at radius 1 is 1.47 bits per heavy atom. The maximum absolute atomic E-state index is 11.0. The van der Waals surface area contributed by atoms with Gasteiger partial charge in [-0.3, -0.25) is 9.69 Å². The van der Waals surface area contributed by atoms with Crippen LogP contribution in [-0.4, -0.2) is 23.9 Å². The number of hydrogen-bond donors (Lipinski definition) is 2. The van der Waals surface area contributed by atoms with E-state index in [0.717, 1.165) is 24.3 Å². The molecular formula is C13H21N3O. The van der Waals surface area contributed by atoms with Gasteiger partial charge in [-0.1, -0.05) is 26.0 Å². The van der Waals surface area contributed by atoms with Gasteiger partial charge in [0, 0.05) is 24.7 Å². The minimum Gasteiger partial charge on any atom is -0.399 e. The Hall–Kier alpha value is -1.55. The molecule has 1 aromatic carbocycles. The summed E-state index contributed by atoms with van der Waals surface area (Å²) in [6, 6.07) is 7.80. The molecule has 0 radical (unpaired) electrons. The fourth-order valence-corrected chi connectivity index (χ4v) is 1.73. The summed E-state index contributed by atoms with van der Waals surface area (Å²) in [4.78, 5) is 13.2. The highest BCUT2D eigenvalue weighted by Crippen LogP contribution is 2.10. The number of nitrogens with two attached hydrogens (primary N) is 2. The molecule has 0 aliphatic rings. The smallest absolute Gasteiger partial charge is 0.221 e. The molecule has 4 N–H and O–H groups in total. The Morgan fingerprint density at radius 2 is 2.18 bits per heavy atom. The summed E-state index contributed by atoms with van der Waals surface area (Å²) in [7, 11) is 0. The molecule has 4 heteroatoms. The molecule has 0 aliphatic carbocycles. The van der Waals surface area contributed by atoms with Gasteiger partial charge in [-0.15, -0.1) is 0 Å². The van der Waals surface area contributed by atoms with Gasteiger partial charge in [-0.25, -0.2) is 0 Å². The van der Waals surface area contributed by atoms with Crippen LogP contribution in [0.15, 0.2) is 24.3 Å². The van der Waals surface area contributed by atoms with Gasteiger partial charge in [0.1, 0.15) is 0 Å². The fraction of sp³-hybridized carbons (Fsp3) is 0.462. The zero-order valence-corrected chi connectivity index (χ0v) is 10.5. The first-order chi connectivity index (χ1) is 8.02. The SMILES string of the molecule is CCN(Cc1cccc(N)c1)CC(C)C(N)=O. The number of nitrogens with zero attached hydrogens (tertiary/aromatic N) is 1. The van der Waals surface area contributed by atoms with Crippen molar-refractivity contribution in [2.24, 2.45) is 11.7 Å². The zero-order chi connectivity index (χ0) is 12.8. The van der Waals surface area contributed by atoms with Crippen molar-refractivity contribution in [3.05, 3.63) is 29.8 Å². The third-order valence-electron chi connectivity index (χ3n) is 2.82. The highest BCUT2D eigenvalue weighted by Gasteiger charge is 2.13. The van der Waals surface area contributed by atoms with Gasteiger partial charge in [0.2, 0.25) is 5.91 Å². The molecule has 0 spiro atoms. The van der Waals surface area contributed by atoms with Crippen LogP contribution in [0.2, 0.25) is 0 Å². The normalized spacial score (nSPS) is 12.6. The number of nitrogen functional groups attached to an aromatic ring is 1. The van der Waals surface area contributed by atoms with Gasteiger partial charge in [0.15, 0.2) is 0 Å². The topological polar surface area (TPSA) is 72.3 Å². The number of primary amides is 1. The highest BCUT2D eigenvalue weighted by atomic mass is 16.1. The van der Waals surface area contributed by atoms with Crippen molar-refractivity contribution in [1.29, 1.82) is 0 Å². The van der Waals surface area contributed by atoms with E-state index < -0.39 is 0 Å². The minimum atomic E-state index is -0.254. The summed E-state index contributed by atoms with van der Waals surface area (Å²) in [5, 5.41) is 0.